The number of hydrogen-bond acceptors (Lipinski definition) is 2. The van der Waals surface area contributed by atoms with Crippen LogP contribution >= 0.6 is 12.2 Å². The molecule has 0 unspecified atom stereocenters. The van der Waals surface area contributed by atoms with Crippen LogP contribution in [0.5, 0.6) is 5.75 Å². The number of para-hydroxylation sites is 1. The Labute approximate surface area is 118 Å². The van der Waals surface area contributed by atoms with Gasteiger partial charge in [0.15, 0.2) is 5.11 Å². The van der Waals surface area contributed by atoms with E-state index in [4.69, 9.17) is 17.0 Å². The van der Waals surface area contributed by atoms with Crippen LogP contribution in [0, 0.1) is 0 Å². The SMILES string of the molecule is CCOc1ccc(NC(=S)Nc2ccccc2)cc1. The van der Waals surface area contributed by atoms with E-state index in [-0.39, 0.29) is 0 Å². The topological polar surface area (TPSA) is 33.3 Å². The van der Waals surface area contributed by atoms with E-state index in [1.54, 1.807) is 0 Å². The van der Waals surface area contributed by atoms with Gasteiger partial charge < -0.3 is 15.4 Å². The van der Waals surface area contributed by atoms with Crippen molar-refractivity contribution in [2.24, 2.45) is 0 Å². The van der Waals surface area contributed by atoms with E-state index in [9.17, 15) is 0 Å². The Balaban J connectivity index is 1.91. The lowest BCUT2D eigenvalue weighted by Gasteiger charge is -2.11. The molecule has 0 atom stereocenters. The van der Waals surface area contributed by atoms with Crippen LogP contribution in [0.1, 0.15) is 6.92 Å². The van der Waals surface area contributed by atoms with E-state index in [0.29, 0.717) is 11.7 Å². The monoisotopic (exact) mass is 272 g/mol. The van der Waals surface area contributed by atoms with Gasteiger partial charge in [-0.25, -0.2) is 0 Å². The summed E-state index contributed by atoms with van der Waals surface area (Å²) in [7, 11) is 0. The molecule has 2 aromatic carbocycles. The molecule has 2 N–H and O–H groups in total. The zero-order valence-electron chi connectivity index (χ0n) is 10.7. The summed E-state index contributed by atoms with van der Waals surface area (Å²) in [4.78, 5) is 0. The van der Waals surface area contributed by atoms with Crippen LogP contribution in [0.3, 0.4) is 0 Å². The van der Waals surface area contributed by atoms with Gasteiger partial charge in [0.05, 0.1) is 6.61 Å². The lowest BCUT2D eigenvalue weighted by Crippen LogP contribution is -2.18. The number of ether oxygens (including phenoxy) is 1. The van der Waals surface area contributed by atoms with Crippen molar-refractivity contribution in [2.45, 2.75) is 6.92 Å². The van der Waals surface area contributed by atoms with Crippen LogP contribution < -0.4 is 15.4 Å². The average molecular weight is 272 g/mol. The third-order valence-electron chi connectivity index (χ3n) is 2.45. The maximum absolute atomic E-state index is 5.39. The minimum atomic E-state index is 0.565. The Bertz CT molecular complexity index is 526. The molecule has 0 saturated heterocycles. The van der Waals surface area contributed by atoms with Crippen LogP contribution in [-0.4, -0.2) is 11.7 Å². The fraction of sp³-hybridized carbons (Fsp3) is 0.133. The summed E-state index contributed by atoms with van der Waals surface area (Å²) < 4.78 is 5.39. The maximum Gasteiger partial charge on any atom is 0.175 e. The van der Waals surface area contributed by atoms with Crippen molar-refractivity contribution in [3.63, 3.8) is 0 Å². The minimum absolute atomic E-state index is 0.565. The van der Waals surface area contributed by atoms with Crippen molar-refractivity contribution in [3.8, 4) is 5.75 Å². The highest BCUT2D eigenvalue weighted by atomic mass is 32.1. The normalized spacial score (nSPS) is 9.74. The van der Waals surface area contributed by atoms with Gasteiger partial charge in [-0.1, -0.05) is 18.2 Å². The Morgan fingerprint density at radius 1 is 0.947 bits per heavy atom. The summed E-state index contributed by atoms with van der Waals surface area (Å²) in [5.74, 6) is 0.856. The van der Waals surface area contributed by atoms with Crippen molar-refractivity contribution < 1.29 is 4.74 Å². The first kappa shape index (κ1) is 13.4. The van der Waals surface area contributed by atoms with Gasteiger partial charge in [0.25, 0.3) is 0 Å². The lowest BCUT2D eigenvalue weighted by molar-refractivity contribution is 0.340. The van der Waals surface area contributed by atoms with Crippen molar-refractivity contribution >= 4 is 28.7 Å². The van der Waals surface area contributed by atoms with Crippen LogP contribution in [0.15, 0.2) is 54.6 Å². The third-order valence-corrected chi connectivity index (χ3v) is 2.66. The highest BCUT2D eigenvalue weighted by Crippen LogP contribution is 2.16. The van der Waals surface area contributed by atoms with Gasteiger partial charge in [-0.2, -0.15) is 0 Å². The summed E-state index contributed by atoms with van der Waals surface area (Å²) in [6, 6.07) is 17.5. The molecule has 0 radical (unpaired) electrons. The fourth-order valence-corrected chi connectivity index (χ4v) is 1.85. The second-order valence-electron chi connectivity index (χ2n) is 3.90. The molecule has 2 rings (SSSR count). The van der Waals surface area contributed by atoms with E-state index in [1.165, 1.54) is 0 Å². The first-order valence-corrected chi connectivity index (χ1v) is 6.54. The number of thiocarbonyl (C=S) groups is 1. The van der Waals surface area contributed by atoms with Gasteiger partial charge in [0.1, 0.15) is 5.75 Å². The lowest BCUT2D eigenvalue weighted by atomic mass is 10.3. The zero-order valence-corrected chi connectivity index (χ0v) is 11.5. The van der Waals surface area contributed by atoms with Crippen LogP contribution in [-0.2, 0) is 0 Å². The Morgan fingerprint density at radius 2 is 1.53 bits per heavy atom. The highest BCUT2D eigenvalue weighted by Gasteiger charge is 1.99. The second-order valence-corrected chi connectivity index (χ2v) is 4.31. The average Bonchev–Trinajstić information content (AvgIpc) is 2.42. The molecule has 4 heteroatoms. The summed E-state index contributed by atoms with van der Waals surface area (Å²) in [5.41, 5.74) is 1.89. The van der Waals surface area contributed by atoms with E-state index < -0.39 is 0 Å². The third kappa shape index (κ3) is 4.26. The molecule has 0 heterocycles. The van der Waals surface area contributed by atoms with Crippen LogP contribution in [0.25, 0.3) is 0 Å². The molecular formula is C15H16N2OS. The minimum Gasteiger partial charge on any atom is -0.494 e. The number of rotatable bonds is 4. The van der Waals surface area contributed by atoms with E-state index in [0.717, 1.165) is 17.1 Å². The number of nitrogens with one attached hydrogen (secondary N) is 2. The molecule has 19 heavy (non-hydrogen) atoms. The van der Waals surface area contributed by atoms with E-state index in [1.807, 2.05) is 61.5 Å². The maximum atomic E-state index is 5.39. The summed E-state index contributed by atoms with van der Waals surface area (Å²) in [6.45, 7) is 2.63. The first-order chi connectivity index (χ1) is 9.28. The Morgan fingerprint density at radius 3 is 2.11 bits per heavy atom. The highest BCUT2D eigenvalue weighted by molar-refractivity contribution is 7.80. The molecule has 0 aliphatic carbocycles. The molecule has 0 aliphatic rings. The Kier molecular flexibility index (Phi) is 4.75. The van der Waals surface area contributed by atoms with Crippen LogP contribution in [0.2, 0.25) is 0 Å². The van der Waals surface area contributed by atoms with E-state index >= 15 is 0 Å². The molecule has 0 spiro atoms. The quantitative estimate of drug-likeness (QED) is 0.827. The molecule has 0 aromatic heterocycles. The van der Waals surface area contributed by atoms with Gasteiger partial charge in [0.2, 0.25) is 0 Å². The molecule has 0 saturated carbocycles. The molecule has 3 nitrogen and oxygen atoms in total. The summed E-state index contributed by atoms with van der Waals surface area (Å²) >= 11 is 5.25. The molecule has 0 aliphatic heterocycles. The van der Waals surface area contributed by atoms with Crippen molar-refractivity contribution in [3.05, 3.63) is 54.6 Å². The Hall–Kier alpha value is -2.07. The smallest absolute Gasteiger partial charge is 0.175 e. The zero-order chi connectivity index (χ0) is 13.5. The van der Waals surface area contributed by atoms with Crippen LogP contribution in [0.4, 0.5) is 11.4 Å². The molecule has 2 aromatic rings. The largest absolute Gasteiger partial charge is 0.494 e. The number of hydrogen-bond donors (Lipinski definition) is 2. The van der Waals surface area contributed by atoms with Gasteiger partial charge >= 0.3 is 0 Å². The molecule has 0 bridgehead atoms. The predicted molar refractivity (Wildman–Crippen MR) is 83.9 cm³/mol. The van der Waals surface area contributed by atoms with Crippen molar-refractivity contribution in [1.82, 2.24) is 0 Å². The molecular weight excluding hydrogens is 256 g/mol. The first-order valence-electron chi connectivity index (χ1n) is 6.14. The summed E-state index contributed by atoms with van der Waals surface area (Å²) in [6.07, 6.45) is 0. The summed E-state index contributed by atoms with van der Waals surface area (Å²) in [5, 5.41) is 6.81. The van der Waals surface area contributed by atoms with Gasteiger partial charge in [-0.15, -0.1) is 0 Å². The predicted octanol–water partition coefficient (Wildman–Crippen LogP) is 3.89. The van der Waals surface area contributed by atoms with Crippen molar-refractivity contribution in [1.29, 1.82) is 0 Å². The number of benzene rings is 2. The molecule has 0 fully saturated rings. The second kappa shape index (κ2) is 6.75. The van der Waals surface area contributed by atoms with Crippen molar-refractivity contribution in [2.75, 3.05) is 17.2 Å². The molecule has 98 valence electrons. The molecule has 0 amide bonds. The fourth-order valence-electron chi connectivity index (χ4n) is 1.62. The van der Waals surface area contributed by atoms with Gasteiger partial charge in [0, 0.05) is 11.4 Å². The van der Waals surface area contributed by atoms with E-state index in [2.05, 4.69) is 10.6 Å². The standard InChI is InChI=1S/C15H16N2OS/c1-2-18-14-10-8-13(9-11-14)17-15(19)16-12-6-4-3-5-7-12/h3-11H,2H2,1H3,(H2,16,17,19). The van der Waals surface area contributed by atoms with Gasteiger partial charge in [-0.05, 0) is 55.5 Å². The van der Waals surface area contributed by atoms with Gasteiger partial charge in [-0.3, -0.25) is 0 Å². The number of anilines is 2.